The van der Waals surface area contributed by atoms with Crippen LogP contribution in [0.2, 0.25) is 0 Å². The van der Waals surface area contributed by atoms with Crippen molar-refractivity contribution in [2.45, 2.75) is 32.7 Å². The second kappa shape index (κ2) is 10.0. The summed E-state index contributed by atoms with van der Waals surface area (Å²) in [6, 6.07) is 22.2. The van der Waals surface area contributed by atoms with E-state index in [0.717, 1.165) is 34.6 Å². The molecule has 0 bridgehead atoms. The molecule has 1 aliphatic rings. The number of ether oxygens (including phenoxy) is 1. The third-order valence-electron chi connectivity index (χ3n) is 6.55. The van der Waals surface area contributed by atoms with Gasteiger partial charge in [0.25, 0.3) is 5.91 Å². The number of benzene rings is 3. The molecule has 0 fully saturated rings. The van der Waals surface area contributed by atoms with Crippen LogP contribution in [0, 0.1) is 6.92 Å². The van der Waals surface area contributed by atoms with Crippen molar-refractivity contribution in [3.8, 4) is 17.0 Å². The first-order valence-corrected chi connectivity index (χ1v) is 12.4. The molecule has 0 radical (unpaired) electrons. The first kappa shape index (κ1) is 25.0. The zero-order valence-electron chi connectivity index (χ0n) is 21.8. The molecule has 4 aromatic rings. The van der Waals surface area contributed by atoms with Crippen LogP contribution in [-0.2, 0) is 6.42 Å². The summed E-state index contributed by atoms with van der Waals surface area (Å²) >= 11 is 0. The summed E-state index contributed by atoms with van der Waals surface area (Å²) in [5.41, 5.74) is 5.41. The minimum atomic E-state index is -0.331. The van der Waals surface area contributed by atoms with Gasteiger partial charge in [0.1, 0.15) is 22.8 Å². The van der Waals surface area contributed by atoms with E-state index in [0.29, 0.717) is 28.3 Å². The number of fused-ring (bicyclic) bond motifs is 1. The zero-order chi connectivity index (χ0) is 26.9. The van der Waals surface area contributed by atoms with Gasteiger partial charge in [0.05, 0.1) is 7.11 Å². The molecule has 0 saturated carbocycles. The standard InChI is InChI=1S/C31H29N3O4/c1-19-28(29(34-38-19)21-8-6-5-7-9-21)30(36)32-23-13-10-20(11-14-23)27(35)17-26-25-16-24(37-4)15-12-22(25)18-31(2,3)33-26/h5-17,33H,18H2,1-4H3,(H,32,36). The number of carbonyl (C=O) groups is 2. The molecule has 38 heavy (non-hydrogen) atoms. The monoisotopic (exact) mass is 507 g/mol. The molecule has 5 rings (SSSR count). The molecule has 0 aliphatic carbocycles. The third-order valence-corrected chi connectivity index (χ3v) is 6.55. The van der Waals surface area contributed by atoms with E-state index in [1.807, 2.05) is 48.5 Å². The van der Waals surface area contributed by atoms with Crippen LogP contribution in [0.4, 0.5) is 5.69 Å². The molecule has 0 spiro atoms. The number of allylic oxidation sites excluding steroid dienone is 1. The number of amides is 1. The largest absolute Gasteiger partial charge is 0.497 e. The second-order valence-corrected chi connectivity index (χ2v) is 9.99. The van der Waals surface area contributed by atoms with Gasteiger partial charge in [-0.25, -0.2) is 0 Å². The van der Waals surface area contributed by atoms with Gasteiger partial charge in [0, 0.05) is 39.7 Å². The molecular formula is C31H29N3O4. The molecule has 1 amide bonds. The number of ketones is 1. The summed E-state index contributed by atoms with van der Waals surface area (Å²) in [5, 5.41) is 10.5. The highest BCUT2D eigenvalue weighted by atomic mass is 16.5. The molecule has 2 heterocycles. The Morgan fingerprint density at radius 2 is 1.79 bits per heavy atom. The molecule has 1 aliphatic heterocycles. The van der Waals surface area contributed by atoms with Crippen molar-refractivity contribution in [2.24, 2.45) is 0 Å². The Morgan fingerprint density at radius 1 is 1.05 bits per heavy atom. The minimum Gasteiger partial charge on any atom is -0.497 e. The maximum atomic E-state index is 13.2. The van der Waals surface area contributed by atoms with Crippen molar-refractivity contribution in [2.75, 3.05) is 12.4 Å². The number of carbonyl (C=O) groups excluding carboxylic acids is 2. The van der Waals surface area contributed by atoms with Crippen molar-refractivity contribution in [1.82, 2.24) is 10.5 Å². The number of hydrogen-bond acceptors (Lipinski definition) is 6. The number of anilines is 1. The number of nitrogens with one attached hydrogen (secondary N) is 2. The summed E-state index contributed by atoms with van der Waals surface area (Å²) in [6.45, 7) is 5.92. The Morgan fingerprint density at radius 3 is 2.50 bits per heavy atom. The maximum absolute atomic E-state index is 13.2. The molecule has 3 aromatic carbocycles. The maximum Gasteiger partial charge on any atom is 0.261 e. The van der Waals surface area contributed by atoms with E-state index >= 15 is 0 Å². The van der Waals surface area contributed by atoms with E-state index in [1.165, 1.54) is 0 Å². The first-order chi connectivity index (χ1) is 18.2. The Labute approximate surface area is 221 Å². The fourth-order valence-electron chi connectivity index (χ4n) is 4.71. The van der Waals surface area contributed by atoms with Crippen LogP contribution in [0.1, 0.15) is 51.5 Å². The smallest absolute Gasteiger partial charge is 0.261 e. The van der Waals surface area contributed by atoms with Crippen molar-refractivity contribution in [3.63, 3.8) is 0 Å². The summed E-state index contributed by atoms with van der Waals surface area (Å²) in [6.07, 6.45) is 2.46. The predicted octanol–water partition coefficient (Wildman–Crippen LogP) is 6.06. The lowest BCUT2D eigenvalue weighted by atomic mass is 9.85. The van der Waals surface area contributed by atoms with E-state index in [9.17, 15) is 9.59 Å². The van der Waals surface area contributed by atoms with Crippen molar-refractivity contribution < 1.29 is 18.8 Å². The molecule has 0 saturated heterocycles. The molecule has 0 unspecified atom stereocenters. The van der Waals surface area contributed by atoms with E-state index in [4.69, 9.17) is 9.26 Å². The number of rotatable bonds is 6. The van der Waals surface area contributed by atoms with Gasteiger partial charge in [0.15, 0.2) is 5.78 Å². The summed E-state index contributed by atoms with van der Waals surface area (Å²) in [4.78, 5) is 26.3. The highest BCUT2D eigenvalue weighted by molar-refractivity contribution is 6.10. The Hall–Kier alpha value is -4.65. The first-order valence-electron chi connectivity index (χ1n) is 12.4. The van der Waals surface area contributed by atoms with Crippen LogP contribution in [0.25, 0.3) is 17.0 Å². The summed E-state index contributed by atoms with van der Waals surface area (Å²) in [5.74, 6) is 0.697. The van der Waals surface area contributed by atoms with Gasteiger partial charge in [-0.3, -0.25) is 9.59 Å². The van der Waals surface area contributed by atoms with E-state index < -0.39 is 0 Å². The van der Waals surface area contributed by atoms with Gasteiger partial charge in [-0.2, -0.15) is 0 Å². The van der Waals surface area contributed by atoms with E-state index in [1.54, 1.807) is 44.4 Å². The Balaban J connectivity index is 1.36. The topological polar surface area (TPSA) is 93.5 Å². The lowest BCUT2D eigenvalue weighted by molar-refractivity contribution is 0.102. The van der Waals surface area contributed by atoms with Gasteiger partial charge < -0.3 is 19.9 Å². The minimum absolute atomic E-state index is 0.141. The van der Waals surface area contributed by atoms with Crippen LogP contribution < -0.4 is 15.4 Å². The van der Waals surface area contributed by atoms with Gasteiger partial charge in [-0.1, -0.05) is 41.6 Å². The SMILES string of the molecule is COc1ccc2c(c1)C(=CC(=O)c1ccc(NC(=O)c3c(-c4ccccc4)noc3C)cc1)NC(C)(C)C2. The molecule has 192 valence electrons. The lowest BCUT2D eigenvalue weighted by Crippen LogP contribution is -2.43. The summed E-state index contributed by atoms with van der Waals surface area (Å²) in [7, 11) is 1.63. The predicted molar refractivity (Wildman–Crippen MR) is 147 cm³/mol. The van der Waals surface area contributed by atoms with Crippen molar-refractivity contribution in [3.05, 3.63) is 107 Å². The number of aryl methyl sites for hydroxylation is 1. The number of nitrogens with zero attached hydrogens (tertiary/aromatic N) is 1. The molecule has 2 N–H and O–H groups in total. The number of aromatic nitrogens is 1. The van der Waals surface area contributed by atoms with Crippen LogP contribution in [-0.4, -0.2) is 29.5 Å². The van der Waals surface area contributed by atoms with Crippen LogP contribution >= 0.6 is 0 Å². The fraction of sp³-hybridized carbons (Fsp3) is 0.194. The average Bonchev–Trinajstić information content (AvgIpc) is 3.30. The second-order valence-electron chi connectivity index (χ2n) is 9.99. The van der Waals surface area contributed by atoms with E-state index in [2.05, 4.69) is 29.6 Å². The third kappa shape index (κ3) is 5.09. The van der Waals surface area contributed by atoms with Crippen molar-refractivity contribution in [1.29, 1.82) is 0 Å². The highest BCUT2D eigenvalue weighted by Gasteiger charge is 2.28. The quantitative estimate of drug-likeness (QED) is 0.243. The zero-order valence-corrected chi connectivity index (χ0v) is 21.8. The number of methoxy groups -OCH3 is 1. The van der Waals surface area contributed by atoms with Crippen LogP contribution in [0.3, 0.4) is 0 Å². The normalized spacial score (nSPS) is 14.9. The highest BCUT2D eigenvalue weighted by Crippen LogP contribution is 2.32. The Kier molecular flexibility index (Phi) is 6.59. The molecule has 0 atom stereocenters. The Bertz CT molecular complexity index is 1530. The van der Waals surface area contributed by atoms with Gasteiger partial charge >= 0.3 is 0 Å². The summed E-state index contributed by atoms with van der Waals surface area (Å²) < 4.78 is 10.7. The van der Waals surface area contributed by atoms with Gasteiger partial charge in [-0.15, -0.1) is 0 Å². The van der Waals surface area contributed by atoms with E-state index in [-0.39, 0.29) is 17.2 Å². The molecular weight excluding hydrogens is 478 g/mol. The fourth-order valence-corrected chi connectivity index (χ4v) is 4.71. The van der Waals surface area contributed by atoms with Crippen LogP contribution in [0.15, 0.2) is 83.4 Å². The molecule has 7 heteroatoms. The van der Waals surface area contributed by atoms with Crippen molar-refractivity contribution >= 4 is 23.1 Å². The molecule has 1 aromatic heterocycles. The number of hydrogen-bond donors (Lipinski definition) is 2. The van der Waals surface area contributed by atoms with Gasteiger partial charge in [0.2, 0.25) is 0 Å². The lowest BCUT2D eigenvalue weighted by Gasteiger charge is -2.35. The average molecular weight is 508 g/mol. The molecule has 7 nitrogen and oxygen atoms in total. The van der Waals surface area contributed by atoms with Crippen LogP contribution in [0.5, 0.6) is 5.75 Å². The van der Waals surface area contributed by atoms with Gasteiger partial charge in [-0.05, 0) is 69.2 Å².